The van der Waals surface area contributed by atoms with E-state index in [-0.39, 0.29) is 31.5 Å². The molecule has 0 unspecified atom stereocenters. The summed E-state index contributed by atoms with van der Waals surface area (Å²) in [6.07, 6.45) is 0.961. The number of halogens is 3. The summed E-state index contributed by atoms with van der Waals surface area (Å²) in [7, 11) is -4.27. The molecule has 0 aliphatic carbocycles. The van der Waals surface area contributed by atoms with Crippen molar-refractivity contribution in [2.75, 3.05) is 0 Å². The molecule has 22 heavy (non-hydrogen) atoms. The lowest BCUT2D eigenvalue weighted by Crippen LogP contribution is -2.10. The fourth-order valence-corrected chi connectivity index (χ4v) is 2.89. The number of benzene rings is 1. The maximum absolute atomic E-state index is 12.1. The minimum atomic E-state index is -4.27. The van der Waals surface area contributed by atoms with Gasteiger partial charge < -0.3 is 4.18 Å². The molecule has 0 aliphatic heterocycles. The van der Waals surface area contributed by atoms with Crippen molar-refractivity contribution in [1.29, 1.82) is 0 Å². The molecule has 0 aliphatic rings. The zero-order chi connectivity index (χ0) is 16.5. The second-order valence-corrected chi connectivity index (χ2v) is 6.57. The highest BCUT2D eigenvalue weighted by molar-refractivity contribution is 7.87. The second kappa shape index (κ2) is 6.25. The topological polar surface area (TPSA) is 99.4 Å². The summed E-state index contributed by atoms with van der Waals surface area (Å²) >= 11 is 17.1. The van der Waals surface area contributed by atoms with E-state index in [9.17, 15) is 18.5 Å². The van der Waals surface area contributed by atoms with E-state index < -0.39 is 15.0 Å². The molecule has 0 amide bonds. The number of pyridine rings is 1. The zero-order valence-corrected chi connectivity index (χ0v) is 13.4. The van der Waals surface area contributed by atoms with Crippen molar-refractivity contribution in [2.24, 2.45) is 0 Å². The van der Waals surface area contributed by atoms with Crippen molar-refractivity contribution in [3.63, 3.8) is 0 Å². The van der Waals surface area contributed by atoms with Crippen LogP contribution in [-0.2, 0) is 10.1 Å². The van der Waals surface area contributed by atoms with Crippen LogP contribution in [0.5, 0.6) is 5.75 Å². The monoisotopic (exact) mass is 382 g/mol. The normalized spacial score (nSPS) is 11.2. The Morgan fingerprint density at radius 3 is 2.36 bits per heavy atom. The smallest absolute Gasteiger partial charge is 0.340 e. The van der Waals surface area contributed by atoms with E-state index in [1.165, 1.54) is 0 Å². The van der Waals surface area contributed by atoms with Gasteiger partial charge in [0.25, 0.3) is 5.69 Å². The van der Waals surface area contributed by atoms with Gasteiger partial charge in [-0.05, 0) is 12.1 Å². The predicted octanol–water partition coefficient (Wildman–Crippen LogP) is 3.72. The van der Waals surface area contributed by atoms with Gasteiger partial charge in [0.05, 0.1) is 21.2 Å². The zero-order valence-electron chi connectivity index (χ0n) is 10.4. The highest BCUT2D eigenvalue weighted by Crippen LogP contribution is 2.31. The van der Waals surface area contributed by atoms with Crippen LogP contribution >= 0.6 is 34.8 Å². The fourth-order valence-electron chi connectivity index (χ4n) is 1.38. The van der Waals surface area contributed by atoms with E-state index >= 15 is 0 Å². The van der Waals surface area contributed by atoms with Gasteiger partial charge in [-0.3, -0.25) is 10.1 Å². The van der Waals surface area contributed by atoms with E-state index in [1.54, 1.807) is 0 Å². The first-order valence-corrected chi connectivity index (χ1v) is 7.94. The molecular weight excluding hydrogens is 379 g/mol. The summed E-state index contributed by atoms with van der Waals surface area (Å²) in [5.41, 5.74) is -0.300. The molecular formula is C11H5Cl3N2O5S. The molecule has 11 heteroatoms. The first-order valence-electron chi connectivity index (χ1n) is 5.40. The molecule has 0 fully saturated rings. The number of aromatic nitrogens is 1. The maximum Gasteiger partial charge on any atom is 0.340 e. The molecule has 0 bridgehead atoms. The lowest BCUT2D eigenvalue weighted by atomic mass is 10.3. The van der Waals surface area contributed by atoms with E-state index in [1.807, 2.05) is 0 Å². The van der Waals surface area contributed by atoms with Gasteiger partial charge in [-0.2, -0.15) is 8.42 Å². The largest absolute Gasteiger partial charge is 0.377 e. The summed E-state index contributed by atoms with van der Waals surface area (Å²) < 4.78 is 29.0. The fraction of sp³-hybridized carbons (Fsp3) is 0. The van der Waals surface area contributed by atoms with E-state index in [0.717, 1.165) is 30.5 Å². The standard InChI is InChI=1S/C11H5Cl3N2O5S/c12-8-3-6(16(17)18)1-2-10(8)21-22(19,20)7-4-9(13)11(14)15-5-7/h1-5H. The van der Waals surface area contributed by atoms with Crippen LogP contribution in [0.2, 0.25) is 15.2 Å². The van der Waals surface area contributed by atoms with Crippen LogP contribution in [-0.4, -0.2) is 18.3 Å². The molecule has 0 radical (unpaired) electrons. The van der Waals surface area contributed by atoms with Crippen molar-refractivity contribution in [3.05, 3.63) is 55.8 Å². The Kier molecular flexibility index (Phi) is 4.76. The summed E-state index contributed by atoms with van der Waals surface area (Å²) in [6, 6.07) is 4.16. The van der Waals surface area contributed by atoms with Crippen LogP contribution in [0.25, 0.3) is 0 Å². The Hall–Kier alpha value is -1.61. The Balaban J connectivity index is 2.36. The van der Waals surface area contributed by atoms with Gasteiger partial charge in [-0.25, -0.2) is 4.98 Å². The average molecular weight is 384 g/mol. The summed E-state index contributed by atoms with van der Waals surface area (Å²) in [4.78, 5) is 13.2. The van der Waals surface area contributed by atoms with Gasteiger partial charge in [0.1, 0.15) is 10.0 Å². The van der Waals surface area contributed by atoms with E-state index in [0.29, 0.717) is 0 Å². The van der Waals surface area contributed by atoms with E-state index in [4.69, 9.17) is 39.0 Å². The highest BCUT2D eigenvalue weighted by atomic mass is 35.5. The average Bonchev–Trinajstić information content (AvgIpc) is 2.43. The molecule has 0 saturated carbocycles. The molecule has 1 aromatic heterocycles. The molecule has 1 heterocycles. The quantitative estimate of drug-likeness (QED) is 0.345. The van der Waals surface area contributed by atoms with Crippen LogP contribution in [0, 0.1) is 10.1 Å². The van der Waals surface area contributed by atoms with E-state index in [2.05, 4.69) is 4.98 Å². The molecule has 116 valence electrons. The molecule has 0 spiro atoms. The van der Waals surface area contributed by atoms with Crippen LogP contribution < -0.4 is 4.18 Å². The molecule has 0 N–H and O–H groups in total. The lowest BCUT2D eigenvalue weighted by molar-refractivity contribution is -0.384. The number of nitro benzene ring substituents is 1. The van der Waals surface area contributed by atoms with Gasteiger partial charge in [0, 0.05) is 12.1 Å². The Labute approximate surface area is 139 Å². The van der Waals surface area contributed by atoms with Crippen molar-refractivity contribution >= 4 is 50.6 Å². The molecule has 1 aromatic carbocycles. The molecule has 0 saturated heterocycles. The molecule has 2 rings (SSSR count). The van der Waals surface area contributed by atoms with Gasteiger partial charge >= 0.3 is 10.1 Å². The molecule has 0 atom stereocenters. The number of hydrogen-bond acceptors (Lipinski definition) is 6. The summed E-state index contributed by atoms with van der Waals surface area (Å²) in [6.45, 7) is 0. The highest BCUT2D eigenvalue weighted by Gasteiger charge is 2.21. The number of hydrogen-bond donors (Lipinski definition) is 0. The number of nitrogens with zero attached hydrogens (tertiary/aromatic N) is 2. The van der Waals surface area contributed by atoms with Crippen molar-refractivity contribution < 1.29 is 17.5 Å². The number of nitro groups is 1. The van der Waals surface area contributed by atoms with Crippen molar-refractivity contribution in [3.8, 4) is 5.75 Å². The number of rotatable bonds is 4. The third kappa shape index (κ3) is 3.58. The van der Waals surface area contributed by atoms with Gasteiger partial charge in [-0.1, -0.05) is 34.8 Å². The first-order chi connectivity index (χ1) is 10.2. The van der Waals surface area contributed by atoms with Crippen LogP contribution in [0.1, 0.15) is 0 Å². The predicted molar refractivity (Wildman–Crippen MR) is 80.2 cm³/mol. The van der Waals surface area contributed by atoms with Crippen LogP contribution in [0.3, 0.4) is 0 Å². The molecule has 2 aromatic rings. The third-order valence-corrected chi connectivity index (χ3v) is 4.57. The summed E-state index contributed by atoms with van der Waals surface area (Å²) in [5, 5.41) is 10.2. The van der Waals surface area contributed by atoms with Crippen molar-refractivity contribution in [1.82, 2.24) is 4.98 Å². The lowest BCUT2D eigenvalue weighted by Gasteiger charge is -2.08. The van der Waals surface area contributed by atoms with Gasteiger partial charge in [-0.15, -0.1) is 0 Å². The minimum Gasteiger partial charge on any atom is -0.377 e. The van der Waals surface area contributed by atoms with Crippen molar-refractivity contribution in [2.45, 2.75) is 4.90 Å². The Morgan fingerprint density at radius 1 is 1.14 bits per heavy atom. The Morgan fingerprint density at radius 2 is 1.82 bits per heavy atom. The number of non-ortho nitro benzene ring substituents is 1. The Bertz CT molecular complexity index is 857. The first kappa shape index (κ1) is 16.8. The minimum absolute atomic E-state index is 0.0611. The van der Waals surface area contributed by atoms with Gasteiger partial charge in [0.2, 0.25) is 0 Å². The summed E-state index contributed by atoms with van der Waals surface area (Å²) in [5.74, 6) is -0.265. The third-order valence-electron chi connectivity index (χ3n) is 2.39. The van der Waals surface area contributed by atoms with Crippen LogP contribution in [0.4, 0.5) is 5.69 Å². The molecule has 7 nitrogen and oxygen atoms in total. The second-order valence-electron chi connectivity index (χ2n) is 3.85. The SMILES string of the molecule is O=[N+]([O-])c1ccc(OS(=O)(=O)c2cnc(Cl)c(Cl)c2)c(Cl)c1. The van der Waals surface area contributed by atoms with Gasteiger partial charge in [0.15, 0.2) is 5.75 Å². The van der Waals surface area contributed by atoms with Crippen LogP contribution in [0.15, 0.2) is 35.4 Å². The maximum atomic E-state index is 12.1.